The smallest absolute Gasteiger partial charge is 0.211 e. The minimum Gasteiger partial charge on any atom is -0.324 e. The van der Waals surface area contributed by atoms with Crippen LogP contribution in [0.25, 0.3) is 22.1 Å². The van der Waals surface area contributed by atoms with Crippen molar-refractivity contribution in [3.63, 3.8) is 0 Å². The lowest BCUT2D eigenvalue weighted by Crippen LogP contribution is -2.01. The molecule has 0 unspecified atom stereocenters. The van der Waals surface area contributed by atoms with Gasteiger partial charge in [0.1, 0.15) is 5.52 Å². The molecule has 0 saturated heterocycles. The maximum absolute atomic E-state index is 4.82. The number of hydrogen-bond acceptors (Lipinski definition) is 4. The molecule has 3 rings (SSSR count). The van der Waals surface area contributed by atoms with Gasteiger partial charge in [-0.15, -0.1) is 10.2 Å². The molecule has 5 heteroatoms. The standard InChI is InChI=1S/C18H24N4S/c1-4-6-10-22-15-9-8-13(3)12-14(15)16-17(22)19-18(21-20-16)23-11-7-5-2/h8-9,12H,4-7,10-11H2,1-3H3. The van der Waals surface area contributed by atoms with Gasteiger partial charge in [-0.3, -0.25) is 0 Å². The molecule has 2 aromatic heterocycles. The van der Waals surface area contributed by atoms with Gasteiger partial charge in [0.05, 0.1) is 5.52 Å². The summed E-state index contributed by atoms with van der Waals surface area (Å²) in [4.78, 5) is 4.82. The summed E-state index contributed by atoms with van der Waals surface area (Å²) in [7, 11) is 0. The van der Waals surface area contributed by atoms with Gasteiger partial charge < -0.3 is 4.57 Å². The quantitative estimate of drug-likeness (QED) is 0.453. The number of benzene rings is 1. The minimum atomic E-state index is 0.795. The maximum Gasteiger partial charge on any atom is 0.211 e. The SMILES string of the molecule is CCCCSc1nnc2c3cc(C)ccc3n(CCCC)c2n1. The van der Waals surface area contributed by atoms with Gasteiger partial charge in [-0.05, 0) is 31.9 Å². The van der Waals surface area contributed by atoms with E-state index in [9.17, 15) is 0 Å². The Morgan fingerprint density at radius 2 is 1.91 bits per heavy atom. The fraction of sp³-hybridized carbons (Fsp3) is 0.500. The highest BCUT2D eigenvalue weighted by molar-refractivity contribution is 7.99. The number of rotatable bonds is 7. The van der Waals surface area contributed by atoms with Crippen molar-refractivity contribution in [1.82, 2.24) is 19.7 Å². The molecule has 0 spiro atoms. The molecule has 0 radical (unpaired) electrons. The number of unbranched alkanes of at least 4 members (excludes halogenated alkanes) is 2. The highest BCUT2D eigenvalue weighted by Crippen LogP contribution is 2.28. The fourth-order valence-corrected chi connectivity index (χ4v) is 3.63. The molecule has 0 bridgehead atoms. The van der Waals surface area contributed by atoms with Crippen LogP contribution in [0.2, 0.25) is 0 Å². The van der Waals surface area contributed by atoms with Crippen molar-refractivity contribution in [3.05, 3.63) is 23.8 Å². The van der Waals surface area contributed by atoms with E-state index in [2.05, 4.69) is 53.7 Å². The molecule has 1 aromatic carbocycles. The summed E-state index contributed by atoms with van der Waals surface area (Å²) in [6.45, 7) is 7.52. The number of aryl methyl sites for hydroxylation is 2. The van der Waals surface area contributed by atoms with Crippen molar-refractivity contribution in [2.75, 3.05) is 5.75 Å². The first-order chi connectivity index (χ1) is 11.2. The van der Waals surface area contributed by atoms with Crippen LogP contribution in [0.4, 0.5) is 0 Å². The number of thioether (sulfide) groups is 1. The van der Waals surface area contributed by atoms with Crippen molar-refractivity contribution in [3.8, 4) is 0 Å². The molecule has 122 valence electrons. The molecule has 0 aliphatic rings. The second-order valence-electron chi connectivity index (χ2n) is 5.99. The largest absolute Gasteiger partial charge is 0.324 e. The third-order valence-corrected chi connectivity index (χ3v) is 4.99. The predicted octanol–water partition coefficient (Wildman–Crippen LogP) is 4.98. The molecule has 0 fully saturated rings. The minimum absolute atomic E-state index is 0.795. The Bertz CT molecular complexity index is 809. The molecule has 23 heavy (non-hydrogen) atoms. The second kappa shape index (κ2) is 7.30. The number of nitrogens with zero attached hydrogens (tertiary/aromatic N) is 4. The van der Waals surface area contributed by atoms with Crippen LogP contribution < -0.4 is 0 Å². The van der Waals surface area contributed by atoms with E-state index in [0.717, 1.165) is 35.0 Å². The molecular formula is C18H24N4S. The van der Waals surface area contributed by atoms with E-state index in [4.69, 9.17) is 4.98 Å². The molecule has 3 aromatic rings. The van der Waals surface area contributed by atoms with E-state index in [1.165, 1.54) is 35.7 Å². The molecule has 0 amide bonds. The second-order valence-corrected chi connectivity index (χ2v) is 7.06. The van der Waals surface area contributed by atoms with Crippen molar-refractivity contribution in [2.24, 2.45) is 0 Å². The first-order valence-corrected chi connectivity index (χ1v) is 9.49. The van der Waals surface area contributed by atoms with E-state index in [1.807, 2.05) is 0 Å². The number of hydrogen-bond donors (Lipinski definition) is 0. The molecule has 0 N–H and O–H groups in total. The third kappa shape index (κ3) is 3.34. The summed E-state index contributed by atoms with van der Waals surface area (Å²) in [5, 5.41) is 10.8. The molecular weight excluding hydrogens is 304 g/mol. The summed E-state index contributed by atoms with van der Waals surface area (Å²) < 4.78 is 2.31. The Kier molecular flexibility index (Phi) is 5.16. The van der Waals surface area contributed by atoms with Crippen LogP contribution in [-0.2, 0) is 6.54 Å². The van der Waals surface area contributed by atoms with Gasteiger partial charge in [0.2, 0.25) is 5.16 Å². The zero-order valence-electron chi connectivity index (χ0n) is 14.2. The predicted molar refractivity (Wildman–Crippen MR) is 98.1 cm³/mol. The topological polar surface area (TPSA) is 43.6 Å². The monoisotopic (exact) mass is 328 g/mol. The lowest BCUT2D eigenvalue weighted by Gasteiger charge is -2.06. The van der Waals surface area contributed by atoms with Crippen molar-refractivity contribution >= 4 is 33.8 Å². The third-order valence-electron chi connectivity index (χ3n) is 4.07. The Morgan fingerprint density at radius 3 is 2.70 bits per heavy atom. The van der Waals surface area contributed by atoms with Gasteiger partial charge in [-0.1, -0.05) is 50.1 Å². The normalized spacial score (nSPS) is 11.6. The Balaban J connectivity index is 2.10. The maximum atomic E-state index is 4.82. The Hall–Kier alpha value is -1.62. The van der Waals surface area contributed by atoms with Crippen LogP contribution in [0.3, 0.4) is 0 Å². The van der Waals surface area contributed by atoms with Gasteiger partial charge in [0.25, 0.3) is 0 Å². The molecule has 2 heterocycles. The zero-order chi connectivity index (χ0) is 16.2. The van der Waals surface area contributed by atoms with Crippen LogP contribution in [0.1, 0.15) is 45.1 Å². The first-order valence-electron chi connectivity index (χ1n) is 8.50. The van der Waals surface area contributed by atoms with E-state index in [1.54, 1.807) is 11.8 Å². The zero-order valence-corrected chi connectivity index (χ0v) is 15.0. The molecule has 0 aliphatic heterocycles. The fourth-order valence-electron chi connectivity index (χ4n) is 2.77. The van der Waals surface area contributed by atoms with Crippen LogP contribution in [0.15, 0.2) is 23.4 Å². The molecule has 0 saturated carbocycles. The Morgan fingerprint density at radius 1 is 1.09 bits per heavy atom. The van der Waals surface area contributed by atoms with E-state index < -0.39 is 0 Å². The first kappa shape index (κ1) is 16.2. The number of aromatic nitrogens is 4. The van der Waals surface area contributed by atoms with Gasteiger partial charge in [0.15, 0.2) is 5.65 Å². The van der Waals surface area contributed by atoms with Crippen molar-refractivity contribution in [2.45, 2.75) is 58.2 Å². The van der Waals surface area contributed by atoms with E-state index >= 15 is 0 Å². The van der Waals surface area contributed by atoms with Crippen molar-refractivity contribution in [1.29, 1.82) is 0 Å². The average Bonchev–Trinajstić information content (AvgIpc) is 2.85. The van der Waals surface area contributed by atoms with Gasteiger partial charge in [0, 0.05) is 17.7 Å². The average molecular weight is 328 g/mol. The van der Waals surface area contributed by atoms with Crippen LogP contribution in [0.5, 0.6) is 0 Å². The van der Waals surface area contributed by atoms with E-state index in [-0.39, 0.29) is 0 Å². The van der Waals surface area contributed by atoms with Crippen LogP contribution in [-0.4, -0.2) is 25.5 Å². The van der Waals surface area contributed by atoms with Crippen molar-refractivity contribution < 1.29 is 0 Å². The summed E-state index contributed by atoms with van der Waals surface area (Å²) >= 11 is 1.71. The van der Waals surface area contributed by atoms with E-state index in [0.29, 0.717) is 0 Å². The molecule has 0 atom stereocenters. The summed E-state index contributed by atoms with van der Waals surface area (Å²) in [5.74, 6) is 1.05. The van der Waals surface area contributed by atoms with Crippen LogP contribution in [0, 0.1) is 6.92 Å². The van der Waals surface area contributed by atoms with Gasteiger partial charge in [-0.2, -0.15) is 0 Å². The molecule has 0 aliphatic carbocycles. The Labute approximate surface area is 141 Å². The van der Waals surface area contributed by atoms with Gasteiger partial charge in [-0.25, -0.2) is 4.98 Å². The number of fused-ring (bicyclic) bond motifs is 3. The van der Waals surface area contributed by atoms with Crippen LogP contribution >= 0.6 is 11.8 Å². The highest BCUT2D eigenvalue weighted by Gasteiger charge is 2.14. The summed E-state index contributed by atoms with van der Waals surface area (Å²) in [6, 6.07) is 6.54. The summed E-state index contributed by atoms with van der Waals surface area (Å²) in [6.07, 6.45) is 4.70. The molecule has 4 nitrogen and oxygen atoms in total. The lowest BCUT2D eigenvalue weighted by atomic mass is 10.2. The van der Waals surface area contributed by atoms with Gasteiger partial charge >= 0.3 is 0 Å². The summed E-state index contributed by atoms with van der Waals surface area (Å²) in [5.41, 5.74) is 4.37. The lowest BCUT2D eigenvalue weighted by molar-refractivity contribution is 0.656. The highest BCUT2D eigenvalue weighted by atomic mass is 32.2.